The van der Waals surface area contributed by atoms with Crippen LogP contribution in [0.1, 0.15) is 213 Å². The van der Waals surface area contributed by atoms with Gasteiger partial charge in [0.15, 0.2) is 6.10 Å². The number of unbranched alkanes of at least 4 members (excludes halogenated alkanes) is 21. The van der Waals surface area contributed by atoms with Crippen molar-refractivity contribution >= 4 is 17.9 Å². The van der Waals surface area contributed by atoms with Crippen LogP contribution in [0.3, 0.4) is 0 Å². The number of ether oxygens (including phenoxy) is 3. The minimum Gasteiger partial charge on any atom is -0.462 e. The van der Waals surface area contributed by atoms with Gasteiger partial charge in [0.1, 0.15) is 13.2 Å². The molecule has 0 amide bonds. The number of carbonyl (C=O) groups excluding carboxylic acids is 3. The van der Waals surface area contributed by atoms with E-state index in [9.17, 15) is 14.4 Å². The van der Waals surface area contributed by atoms with Crippen LogP contribution >= 0.6 is 0 Å². The second-order valence-corrected chi connectivity index (χ2v) is 14.2. The van der Waals surface area contributed by atoms with Gasteiger partial charge in [-0.3, -0.25) is 14.4 Å². The Kier molecular flexibility index (Phi) is 38.5. The molecule has 0 heterocycles. The fourth-order valence-electron chi connectivity index (χ4n) is 5.94. The highest BCUT2D eigenvalue weighted by Gasteiger charge is 2.19. The number of rotatable bonds is 38. The smallest absolute Gasteiger partial charge is 0.306 e. The molecule has 0 aromatic carbocycles. The Balaban J connectivity index is 4.42. The fraction of sp³-hybridized carbons (Fsp3) is 0.800. The van der Waals surface area contributed by atoms with Crippen LogP contribution in [0.5, 0.6) is 0 Å². The summed E-state index contributed by atoms with van der Waals surface area (Å²) in [4.78, 5) is 37.5. The average Bonchev–Trinajstić information content (AvgIpc) is 3.12. The molecule has 0 fully saturated rings. The first-order valence-corrected chi connectivity index (χ1v) is 21.5. The highest BCUT2D eigenvalue weighted by Crippen LogP contribution is 2.14. The summed E-state index contributed by atoms with van der Waals surface area (Å²) >= 11 is 0. The standard InChI is InChI=1S/C45H80O6/c1-4-7-10-13-16-19-22-24-26-29-32-35-38-44(47)50-41-42(40-49-43(46)37-34-31-28-25-21-18-15-12-9-6-3)51-45(48)39-36-33-30-27-23-20-17-14-11-8-5-2/h8,11,17,20,27,30,42H,4-7,9-10,12-16,18-19,21-26,28-29,31-41H2,1-3H3/b11-8-,20-17-,30-27-. The molecule has 0 saturated heterocycles. The summed E-state index contributed by atoms with van der Waals surface area (Å²) < 4.78 is 16.6. The van der Waals surface area contributed by atoms with E-state index in [0.717, 1.165) is 64.2 Å². The van der Waals surface area contributed by atoms with E-state index in [-0.39, 0.29) is 37.5 Å². The van der Waals surface area contributed by atoms with Crippen molar-refractivity contribution in [2.45, 2.75) is 219 Å². The summed E-state index contributed by atoms with van der Waals surface area (Å²) in [7, 11) is 0. The van der Waals surface area contributed by atoms with Gasteiger partial charge in [0.25, 0.3) is 0 Å². The Morgan fingerprint density at radius 1 is 0.412 bits per heavy atom. The molecule has 0 bridgehead atoms. The molecule has 0 saturated carbocycles. The molecular weight excluding hydrogens is 636 g/mol. The molecule has 0 aromatic heterocycles. The Morgan fingerprint density at radius 2 is 0.765 bits per heavy atom. The van der Waals surface area contributed by atoms with E-state index in [2.05, 4.69) is 57.2 Å². The van der Waals surface area contributed by atoms with Gasteiger partial charge < -0.3 is 14.2 Å². The van der Waals surface area contributed by atoms with Crippen LogP contribution < -0.4 is 0 Å². The SMILES string of the molecule is CC/C=C\C/C=C\C/C=C\CCCC(=O)OC(COC(=O)CCCCCCCCCCCC)COC(=O)CCCCCCCCCCCCCC. The van der Waals surface area contributed by atoms with E-state index in [1.165, 1.54) is 103 Å². The van der Waals surface area contributed by atoms with Crippen molar-refractivity contribution < 1.29 is 28.6 Å². The van der Waals surface area contributed by atoms with Crippen molar-refractivity contribution in [3.8, 4) is 0 Å². The Morgan fingerprint density at radius 3 is 1.18 bits per heavy atom. The highest BCUT2D eigenvalue weighted by molar-refractivity contribution is 5.71. The van der Waals surface area contributed by atoms with Crippen molar-refractivity contribution in [2.24, 2.45) is 0 Å². The number of hydrogen-bond acceptors (Lipinski definition) is 6. The zero-order valence-electron chi connectivity index (χ0n) is 33.6. The van der Waals surface area contributed by atoms with E-state index >= 15 is 0 Å². The zero-order chi connectivity index (χ0) is 37.3. The summed E-state index contributed by atoms with van der Waals surface area (Å²) in [6.07, 6.45) is 44.2. The maximum absolute atomic E-state index is 12.6. The molecule has 296 valence electrons. The third kappa shape index (κ3) is 38.7. The van der Waals surface area contributed by atoms with Gasteiger partial charge in [0.05, 0.1) is 0 Å². The normalized spacial score (nSPS) is 12.3. The van der Waals surface area contributed by atoms with E-state index in [0.29, 0.717) is 19.3 Å². The molecule has 6 heteroatoms. The molecule has 0 aliphatic rings. The predicted molar refractivity (Wildman–Crippen MR) is 215 cm³/mol. The van der Waals surface area contributed by atoms with Crippen LogP contribution in [0.4, 0.5) is 0 Å². The van der Waals surface area contributed by atoms with Crippen LogP contribution in [0, 0.1) is 0 Å². The number of carbonyl (C=O) groups is 3. The largest absolute Gasteiger partial charge is 0.462 e. The first-order chi connectivity index (χ1) is 25.0. The predicted octanol–water partition coefficient (Wildman–Crippen LogP) is 13.4. The fourth-order valence-corrected chi connectivity index (χ4v) is 5.94. The number of hydrogen-bond donors (Lipinski definition) is 0. The lowest BCUT2D eigenvalue weighted by Crippen LogP contribution is -2.30. The summed E-state index contributed by atoms with van der Waals surface area (Å²) in [5, 5.41) is 0. The second kappa shape index (κ2) is 40.4. The maximum Gasteiger partial charge on any atom is 0.306 e. The lowest BCUT2D eigenvalue weighted by Gasteiger charge is -2.18. The van der Waals surface area contributed by atoms with Crippen molar-refractivity contribution in [3.05, 3.63) is 36.5 Å². The van der Waals surface area contributed by atoms with Gasteiger partial charge >= 0.3 is 17.9 Å². The Labute approximate surface area is 315 Å². The molecular formula is C45H80O6. The van der Waals surface area contributed by atoms with E-state index in [1.807, 2.05) is 0 Å². The molecule has 0 radical (unpaired) electrons. The molecule has 0 aliphatic carbocycles. The summed E-state index contributed by atoms with van der Waals surface area (Å²) in [5.74, 6) is -0.946. The van der Waals surface area contributed by atoms with E-state index in [1.54, 1.807) is 0 Å². The highest BCUT2D eigenvalue weighted by atomic mass is 16.6. The third-order valence-electron chi connectivity index (χ3n) is 9.16. The van der Waals surface area contributed by atoms with Gasteiger partial charge in [0, 0.05) is 19.3 Å². The lowest BCUT2D eigenvalue weighted by molar-refractivity contribution is -0.167. The third-order valence-corrected chi connectivity index (χ3v) is 9.16. The van der Waals surface area contributed by atoms with Gasteiger partial charge in [-0.2, -0.15) is 0 Å². The molecule has 1 unspecified atom stereocenters. The minimum absolute atomic E-state index is 0.0892. The van der Waals surface area contributed by atoms with Crippen molar-refractivity contribution in [3.63, 3.8) is 0 Å². The van der Waals surface area contributed by atoms with Gasteiger partial charge in [-0.1, -0.05) is 186 Å². The van der Waals surface area contributed by atoms with Crippen LogP contribution in [0.15, 0.2) is 36.5 Å². The summed E-state index contributed by atoms with van der Waals surface area (Å²) in [6, 6.07) is 0. The van der Waals surface area contributed by atoms with Gasteiger partial charge in [-0.15, -0.1) is 0 Å². The minimum atomic E-state index is -0.789. The van der Waals surface area contributed by atoms with Gasteiger partial charge in [-0.05, 0) is 44.9 Å². The zero-order valence-corrected chi connectivity index (χ0v) is 33.6. The van der Waals surface area contributed by atoms with Gasteiger partial charge in [0.2, 0.25) is 0 Å². The summed E-state index contributed by atoms with van der Waals surface area (Å²) in [5.41, 5.74) is 0. The molecule has 0 rings (SSSR count). The average molecular weight is 717 g/mol. The molecule has 6 nitrogen and oxygen atoms in total. The van der Waals surface area contributed by atoms with Crippen LogP contribution in [-0.2, 0) is 28.6 Å². The monoisotopic (exact) mass is 717 g/mol. The van der Waals surface area contributed by atoms with Crippen LogP contribution in [0.2, 0.25) is 0 Å². The quantitative estimate of drug-likeness (QED) is 0.0274. The number of allylic oxidation sites excluding steroid dienone is 6. The first-order valence-electron chi connectivity index (χ1n) is 21.5. The topological polar surface area (TPSA) is 78.9 Å². The number of esters is 3. The molecule has 1 atom stereocenters. The molecule has 0 N–H and O–H groups in total. The van der Waals surface area contributed by atoms with Crippen molar-refractivity contribution in [1.82, 2.24) is 0 Å². The first kappa shape index (κ1) is 48.6. The van der Waals surface area contributed by atoms with Crippen molar-refractivity contribution in [2.75, 3.05) is 13.2 Å². The molecule has 0 aliphatic heterocycles. The molecule has 0 spiro atoms. The summed E-state index contributed by atoms with van der Waals surface area (Å²) in [6.45, 7) is 6.44. The molecule has 51 heavy (non-hydrogen) atoms. The van der Waals surface area contributed by atoms with Crippen molar-refractivity contribution in [1.29, 1.82) is 0 Å². The lowest BCUT2D eigenvalue weighted by atomic mass is 10.0. The van der Waals surface area contributed by atoms with Gasteiger partial charge in [-0.25, -0.2) is 0 Å². The van der Waals surface area contributed by atoms with Crippen LogP contribution in [0.25, 0.3) is 0 Å². The Hall–Kier alpha value is -2.37. The van der Waals surface area contributed by atoms with E-state index in [4.69, 9.17) is 14.2 Å². The van der Waals surface area contributed by atoms with Crippen LogP contribution in [-0.4, -0.2) is 37.2 Å². The molecule has 0 aromatic rings. The second-order valence-electron chi connectivity index (χ2n) is 14.2. The maximum atomic E-state index is 12.6. The van der Waals surface area contributed by atoms with E-state index < -0.39 is 6.10 Å². The Bertz CT molecular complexity index is 876.